The van der Waals surface area contributed by atoms with Crippen LogP contribution < -0.4 is 11.5 Å². The van der Waals surface area contributed by atoms with Crippen molar-refractivity contribution in [2.45, 2.75) is 43.4 Å². The van der Waals surface area contributed by atoms with E-state index in [1.807, 2.05) is 0 Å². The Hall–Kier alpha value is -4.31. The monoisotopic (exact) mass is 484 g/mol. The molecule has 2 rings (SSSR count). The number of carbonyl (C=O) groups is 5. The molecule has 16 nitrogen and oxygen atoms in total. The van der Waals surface area contributed by atoms with Crippen LogP contribution in [0.15, 0.2) is 25.0 Å². The number of H-pyrrole nitrogens is 2. The van der Waals surface area contributed by atoms with Gasteiger partial charge in [-0.1, -0.05) is 0 Å². The predicted octanol–water partition coefficient (Wildman–Crippen LogP) is -2.04. The van der Waals surface area contributed by atoms with Gasteiger partial charge >= 0.3 is 29.8 Å². The minimum Gasteiger partial charge on any atom is -0.481 e. The third kappa shape index (κ3) is 9.05. The lowest BCUT2D eigenvalue weighted by molar-refractivity contribution is -0.186. The van der Waals surface area contributed by atoms with Crippen LogP contribution in [0, 0.1) is 0 Å². The van der Waals surface area contributed by atoms with Crippen LogP contribution in [0.25, 0.3) is 0 Å². The summed E-state index contributed by atoms with van der Waals surface area (Å²) < 4.78 is 4.67. The first-order valence-corrected chi connectivity index (χ1v) is 9.45. The molecule has 0 aromatic carbocycles. The molecule has 0 fully saturated rings. The number of aliphatic carboxylic acids is 4. The summed E-state index contributed by atoms with van der Waals surface area (Å²) in [6.07, 6.45) is 3.64. The Morgan fingerprint density at radius 3 is 1.62 bits per heavy atom. The Bertz CT molecular complexity index is 960. The van der Waals surface area contributed by atoms with Crippen molar-refractivity contribution in [1.82, 2.24) is 19.9 Å². The second-order valence-electron chi connectivity index (χ2n) is 6.94. The maximum absolute atomic E-state index is 11.9. The fourth-order valence-electron chi connectivity index (χ4n) is 2.51. The van der Waals surface area contributed by atoms with E-state index in [9.17, 15) is 24.0 Å². The molecule has 2 atom stereocenters. The molecular weight excluding hydrogens is 460 g/mol. The number of nitrogens with zero attached hydrogens (tertiary/aromatic N) is 2. The third-order valence-electron chi connectivity index (χ3n) is 4.15. The summed E-state index contributed by atoms with van der Waals surface area (Å²) in [5, 5.41) is 35.1. The molecule has 0 amide bonds. The maximum atomic E-state index is 11.9. The number of ether oxygens (including phenoxy) is 1. The van der Waals surface area contributed by atoms with E-state index in [0.717, 1.165) is 0 Å². The van der Waals surface area contributed by atoms with Crippen LogP contribution in [0.3, 0.4) is 0 Å². The van der Waals surface area contributed by atoms with Crippen molar-refractivity contribution in [3.05, 3.63) is 36.4 Å². The summed E-state index contributed by atoms with van der Waals surface area (Å²) >= 11 is 0. The number of nitrogens with two attached hydrogens (primary N) is 2. The number of carbonyl (C=O) groups excluding carboxylic acids is 1. The van der Waals surface area contributed by atoms with Gasteiger partial charge in [-0.3, -0.25) is 19.2 Å². The number of hydrogen-bond acceptors (Lipinski definition) is 10. The molecule has 0 unspecified atom stereocenters. The standard InChI is InChI=1S/C12H15N3O8.C6H9N3O2/c13-7(1-6-4-14-5-15-6)10(20)23-12(11(21)22,2-8(16)17)3-9(18)19;7-5(6(10)11)1-4-2-8-3-9-4/h4-5,7H,1-3,13H2,(H,14,15)(H,16,17)(H,18,19)(H,21,22);2-3,5H,1,7H2,(H,8,9)(H,10,11)/t7-;5-/m00/s1. The van der Waals surface area contributed by atoms with E-state index in [4.69, 9.17) is 31.9 Å². The molecule has 34 heavy (non-hydrogen) atoms. The molecule has 0 bridgehead atoms. The summed E-state index contributed by atoms with van der Waals surface area (Å²) in [6.45, 7) is 0. The van der Waals surface area contributed by atoms with Crippen LogP contribution in [-0.2, 0) is 41.6 Å². The number of esters is 1. The zero-order chi connectivity index (χ0) is 25.9. The molecular formula is C18H24N6O10. The van der Waals surface area contributed by atoms with Crippen molar-refractivity contribution in [2.24, 2.45) is 11.5 Å². The van der Waals surface area contributed by atoms with Crippen molar-refractivity contribution in [3.8, 4) is 0 Å². The molecule has 2 aromatic rings. The Balaban J connectivity index is 0.000000437. The molecule has 0 spiro atoms. The number of aromatic nitrogens is 4. The first-order chi connectivity index (χ1) is 15.9. The first kappa shape index (κ1) is 27.7. The number of aromatic amines is 2. The first-order valence-electron chi connectivity index (χ1n) is 9.45. The summed E-state index contributed by atoms with van der Waals surface area (Å²) in [5.41, 5.74) is 9.14. The Labute approximate surface area is 191 Å². The van der Waals surface area contributed by atoms with Crippen molar-refractivity contribution < 1.29 is 49.1 Å². The number of carboxylic acid groups (broad SMARTS) is 4. The molecule has 0 aliphatic carbocycles. The average Bonchev–Trinajstić information content (AvgIpc) is 3.41. The van der Waals surface area contributed by atoms with Gasteiger partial charge in [0.1, 0.15) is 12.1 Å². The zero-order valence-corrected chi connectivity index (χ0v) is 17.6. The van der Waals surface area contributed by atoms with E-state index < -0.39 is 60.4 Å². The highest BCUT2D eigenvalue weighted by atomic mass is 16.6. The predicted molar refractivity (Wildman–Crippen MR) is 109 cm³/mol. The smallest absolute Gasteiger partial charge is 0.349 e. The molecule has 2 heterocycles. The van der Waals surface area contributed by atoms with Crippen molar-refractivity contribution in [3.63, 3.8) is 0 Å². The third-order valence-corrected chi connectivity index (χ3v) is 4.15. The van der Waals surface area contributed by atoms with Crippen LogP contribution in [0.5, 0.6) is 0 Å². The topological polar surface area (TPSA) is 285 Å². The Kier molecular flexibility index (Phi) is 10.3. The van der Waals surface area contributed by atoms with E-state index in [1.54, 1.807) is 6.20 Å². The van der Waals surface area contributed by atoms with Crippen LogP contribution in [0.2, 0.25) is 0 Å². The largest absolute Gasteiger partial charge is 0.481 e. The molecule has 0 aliphatic heterocycles. The fraction of sp³-hybridized carbons (Fsp3) is 0.389. The fourth-order valence-corrected chi connectivity index (χ4v) is 2.51. The van der Waals surface area contributed by atoms with Gasteiger partial charge in [0, 0.05) is 25.2 Å². The molecule has 16 heteroatoms. The molecule has 0 saturated heterocycles. The van der Waals surface area contributed by atoms with E-state index >= 15 is 0 Å². The second-order valence-corrected chi connectivity index (χ2v) is 6.94. The summed E-state index contributed by atoms with van der Waals surface area (Å²) in [7, 11) is 0. The minimum absolute atomic E-state index is 0.0990. The zero-order valence-electron chi connectivity index (χ0n) is 17.6. The quantitative estimate of drug-likeness (QED) is 0.151. The highest BCUT2D eigenvalue weighted by molar-refractivity contribution is 5.91. The molecule has 186 valence electrons. The van der Waals surface area contributed by atoms with Gasteiger partial charge in [-0.15, -0.1) is 0 Å². The van der Waals surface area contributed by atoms with Crippen molar-refractivity contribution in [2.75, 3.05) is 0 Å². The van der Waals surface area contributed by atoms with Crippen LogP contribution >= 0.6 is 0 Å². The summed E-state index contributed by atoms with van der Waals surface area (Å²) in [5.74, 6) is -7.40. The number of nitrogens with one attached hydrogen (secondary N) is 2. The SMILES string of the molecule is N[C@@H](Cc1c[nH]cn1)C(=O)O.N[C@@H](Cc1c[nH]cn1)C(=O)OC(CC(=O)O)(CC(=O)O)C(=O)O. The number of imidazole rings is 2. The van der Waals surface area contributed by atoms with E-state index in [-0.39, 0.29) is 12.8 Å². The number of hydrogen-bond donors (Lipinski definition) is 8. The van der Waals surface area contributed by atoms with Gasteiger partial charge < -0.3 is 46.6 Å². The molecule has 0 aliphatic rings. The second kappa shape index (κ2) is 12.7. The normalized spacial score (nSPS) is 12.5. The van der Waals surface area contributed by atoms with E-state index in [0.29, 0.717) is 11.4 Å². The van der Waals surface area contributed by atoms with Crippen molar-refractivity contribution >= 4 is 29.8 Å². The highest BCUT2D eigenvalue weighted by Crippen LogP contribution is 2.23. The molecule has 0 saturated carbocycles. The van der Waals surface area contributed by atoms with Crippen LogP contribution in [-0.4, -0.2) is 87.9 Å². The van der Waals surface area contributed by atoms with E-state index in [1.165, 1.54) is 18.9 Å². The Morgan fingerprint density at radius 1 is 0.853 bits per heavy atom. The highest BCUT2D eigenvalue weighted by Gasteiger charge is 2.47. The van der Waals surface area contributed by atoms with Gasteiger partial charge in [-0.05, 0) is 0 Å². The van der Waals surface area contributed by atoms with Gasteiger partial charge in [-0.25, -0.2) is 14.8 Å². The minimum atomic E-state index is -2.74. The van der Waals surface area contributed by atoms with Crippen molar-refractivity contribution in [1.29, 1.82) is 0 Å². The molecule has 10 N–H and O–H groups in total. The molecule has 0 radical (unpaired) electrons. The average molecular weight is 484 g/mol. The van der Waals surface area contributed by atoms with Gasteiger partial charge in [0.15, 0.2) is 0 Å². The number of carboxylic acids is 4. The number of rotatable bonds is 12. The lowest BCUT2D eigenvalue weighted by Crippen LogP contribution is -2.50. The van der Waals surface area contributed by atoms with E-state index in [2.05, 4.69) is 24.7 Å². The molecule has 2 aromatic heterocycles. The summed E-state index contributed by atoms with van der Waals surface area (Å²) in [6, 6.07) is -2.20. The van der Waals surface area contributed by atoms with Gasteiger partial charge in [0.2, 0.25) is 5.60 Å². The summed E-state index contributed by atoms with van der Waals surface area (Å²) in [4.78, 5) is 68.1. The lowest BCUT2D eigenvalue weighted by Gasteiger charge is -2.27. The lowest BCUT2D eigenvalue weighted by atomic mass is 9.95. The Morgan fingerprint density at radius 2 is 1.29 bits per heavy atom. The maximum Gasteiger partial charge on any atom is 0.349 e. The van der Waals surface area contributed by atoms with Gasteiger partial charge in [-0.2, -0.15) is 0 Å². The van der Waals surface area contributed by atoms with Crippen LogP contribution in [0.4, 0.5) is 0 Å². The van der Waals surface area contributed by atoms with Crippen LogP contribution in [0.1, 0.15) is 24.2 Å². The van der Waals surface area contributed by atoms with Gasteiger partial charge in [0.05, 0.1) is 36.9 Å². The van der Waals surface area contributed by atoms with Gasteiger partial charge in [0.25, 0.3) is 0 Å².